The lowest BCUT2D eigenvalue weighted by Gasteiger charge is -2.17. The fourth-order valence-corrected chi connectivity index (χ4v) is 2.53. The van der Waals surface area contributed by atoms with Crippen LogP contribution in [0.3, 0.4) is 0 Å². The van der Waals surface area contributed by atoms with Gasteiger partial charge in [0.15, 0.2) is 11.0 Å². The summed E-state index contributed by atoms with van der Waals surface area (Å²) in [6, 6.07) is 23.1. The van der Waals surface area contributed by atoms with E-state index in [9.17, 15) is 0 Å². The molecule has 24 heavy (non-hydrogen) atoms. The summed E-state index contributed by atoms with van der Waals surface area (Å²) in [5.74, 6) is 0. The van der Waals surface area contributed by atoms with Crippen LogP contribution in [0.2, 0.25) is 0 Å². The molecule has 2 aromatic carbocycles. The van der Waals surface area contributed by atoms with Crippen LogP contribution in [0.25, 0.3) is 27.8 Å². The summed E-state index contributed by atoms with van der Waals surface area (Å²) >= 11 is 0. The molecule has 4 rings (SSSR count). The van der Waals surface area contributed by atoms with Crippen molar-refractivity contribution in [2.24, 2.45) is 0 Å². The Morgan fingerprint density at radius 3 is 2.04 bits per heavy atom. The second-order valence-corrected chi connectivity index (χ2v) is 5.82. The second-order valence-electron chi connectivity index (χ2n) is 5.06. The van der Waals surface area contributed by atoms with Gasteiger partial charge in [-0.1, -0.05) is 42.5 Å². The van der Waals surface area contributed by atoms with Crippen molar-refractivity contribution in [3.05, 3.63) is 72.9 Å². The first-order chi connectivity index (χ1) is 11.4. The molecule has 0 aliphatic heterocycles. The van der Waals surface area contributed by atoms with Gasteiger partial charge in [-0.25, -0.2) is 23.6 Å². The van der Waals surface area contributed by atoms with Gasteiger partial charge < -0.3 is 0 Å². The van der Waals surface area contributed by atoms with Gasteiger partial charge in [-0.2, -0.15) is 4.40 Å². The summed E-state index contributed by atoms with van der Waals surface area (Å²) in [4.78, 5) is 3.42. The predicted molar refractivity (Wildman–Crippen MR) is 76.9 cm³/mol. The Labute approximate surface area is 139 Å². The third-order valence-electron chi connectivity index (χ3n) is 3.48. The number of hydrogen-bond acceptors (Lipinski definition) is 4. The first-order valence-electron chi connectivity index (χ1n) is 7.01. The lowest BCUT2D eigenvalue weighted by molar-refractivity contribution is -2.00. The van der Waals surface area contributed by atoms with E-state index in [1.54, 1.807) is 0 Å². The monoisotopic (exact) mass is 344 g/mol. The molecule has 0 unspecified atom stereocenters. The largest absolute Gasteiger partial charge is 0.284 e. The topological polar surface area (TPSA) is 112 Å². The summed E-state index contributed by atoms with van der Waals surface area (Å²) in [6.07, 6.45) is 2.18. The molecule has 0 atom stereocenters. The summed E-state index contributed by atoms with van der Waals surface area (Å²) in [5, 5.41) is 0. The van der Waals surface area contributed by atoms with Crippen molar-refractivity contribution in [1.82, 2.24) is 4.98 Å². The van der Waals surface area contributed by atoms with Crippen LogP contribution < -0.4 is 23.0 Å². The minimum absolute atomic E-state index is 1.11. The zero-order valence-electron chi connectivity index (χ0n) is 12.4. The molecule has 0 fully saturated rings. The van der Waals surface area contributed by atoms with E-state index in [4.69, 9.17) is 18.6 Å². The van der Waals surface area contributed by atoms with Gasteiger partial charge in [-0.15, -0.1) is 10.2 Å². The van der Waals surface area contributed by atoms with Crippen LogP contribution in [0.15, 0.2) is 72.9 Å². The SMILES string of the molecule is [O-][Cl+3]([O-])([O-])[O-].c1ccc(-c2ccc3[nH]c4ccccc4[n+]3c2)cc1. The van der Waals surface area contributed by atoms with E-state index in [0.717, 1.165) is 11.2 Å². The number of benzene rings is 2. The minimum Gasteiger partial charge on any atom is -0.237 e. The maximum absolute atomic E-state index is 8.49. The van der Waals surface area contributed by atoms with Crippen LogP contribution in [-0.4, -0.2) is 4.98 Å². The van der Waals surface area contributed by atoms with E-state index < -0.39 is 10.2 Å². The van der Waals surface area contributed by atoms with Crippen LogP contribution in [0.1, 0.15) is 0 Å². The standard InChI is InChI=1S/C17H12N2.ClHO4/c1-2-6-13(7-3-1)14-10-11-17-18-15-8-4-5-9-16(15)19(17)12-14;2-1(3,4)5/h1-12H;(H,2,3,4,5). The second kappa shape index (κ2) is 6.56. The molecule has 0 saturated carbocycles. The number of aromatic amines is 1. The number of para-hydroxylation sites is 2. The fourth-order valence-electron chi connectivity index (χ4n) is 2.53. The number of nitrogens with one attached hydrogen (secondary N) is 1. The van der Waals surface area contributed by atoms with Crippen molar-refractivity contribution < 1.29 is 33.3 Å². The number of H-pyrrole nitrogens is 1. The number of aromatic nitrogens is 2. The molecule has 0 amide bonds. The molecule has 4 aromatic rings. The number of halogens is 1. The van der Waals surface area contributed by atoms with Gasteiger partial charge in [-0.3, -0.25) is 0 Å². The Bertz CT molecular complexity index is 959. The molecule has 0 spiro atoms. The van der Waals surface area contributed by atoms with Crippen molar-refractivity contribution in [3.63, 3.8) is 0 Å². The molecule has 2 aromatic heterocycles. The first kappa shape index (κ1) is 16.4. The molecule has 7 heteroatoms. The molecular weight excluding hydrogens is 332 g/mol. The van der Waals surface area contributed by atoms with Crippen LogP contribution >= 0.6 is 0 Å². The van der Waals surface area contributed by atoms with Gasteiger partial charge >= 0.3 is 0 Å². The Morgan fingerprint density at radius 1 is 0.708 bits per heavy atom. The Kier molecular flexibility index (Phi) is 4.48. The molecule has 0 aliphatic rings. The number of rotatable bonds is 1. The zero-order chi connectivity index (χ0) is 17.2. The molecule has 0 aliphatic carbocycles. The van der Waals surface area contributed by atoms with E-state index in [-0.39, 0.29) is 0 Å². The molecule has 0 saturated heterocycles. The molecule has 122 valence electrons. The number of hydrogen-bond donors (Lipinski definition) is 1. The molecule has 0 bridgehead atoms. The van der Waals surface area contributed by atoms with Gasteiger partial charge in [-0.05, 0) is 23.8 Å². The van der Waals surface area contributed by atoms with Gasteiger partial charge in [0, 0.05) is 11.6 Å². The lowest BCUT2D eigenvalue weighted by Crippen LogP contribution is -2.68. The number of imidazole rings is 1. The zero-order valence-corrected chi connectivity index (χ0v) is 13.1. The van der Waals surface area contributed by atoms with Crippen LogP contribution in [0.4, 0.5) is 0 Å². The smallest absolute Gasteiger partial charge is 0.237 e. The third kappa shape index (κ3) is 3.88. The maximum Gasteiger partial charge on any atom is 0.284 e. The van der Waals surface area contributed by atoms with E-state index in [1.165, 1.54) is 16.6 Å². The van der Waals surface area contributed by atoms with Crippen molar-refractivity contribution in [1.29, 1.82) is 0 Å². The third-order valence-corrected chi connectivity index (χ3v) is 3.48. The summed E-state index contributed by atoms with van der Waals surface area (Å²) in [7, 11) is -4.94. The average molecular weight is 345 g/mol. The molecule has 2 heterocycles. The Morgan fingerprint density at radius 2 is 1.33 bits per heavy atom. The molecular formula is C17H13ClN2O4. The fraction of sp³-hybridized carbons (Fsp3) is 0. The highest BCUT2D eigenvalue weighted by atomic mass is 35.7. The summed E-state index contributed by atoms with van der Waals surface area (Å²) < 4.78 is 36.2. The van der Waals surface area contributed by atoms with Crippen molar-refractivity contribution in [2.45, 2.75) is 0 Å². The van der Waals surface area contributed by atoms with Crippen molar-refractivity contribution in [3.8, 4) is 11.1 Å². The van der Waals surface area contributed by atoms with Gasteiger partial charge in [0.25, 0.3) is 5.65 Å². The van der Waals surface area contributed by atoms with Crippen molar-refractivity contribution >= 4 is 16.7 Å². The van der Waals surface area contributed by atoms with E-state index in [0.29, 0.717) is 0 Å². The average Bonchev–Trinajstić information content (AvgIpc) is 2.92. The van der Waals surface area contributed by atoms with Gasteiger partial charge in [0.05, 0.1) is 0 Å². The van der Waals surface area contributed by atoms with Gasteiger partial charge in [0.1, 0.15) is 6.20 Å². The number of fused-ring (bicyclic) bond motifs is 3. The van der Waals surface area contributed by atoms with E-state index in [2.05, 4.69) is 76.2 Å². The van der Waals surface area contributed by atoms with Crippen LogP contribution in [0.5, 0.6) is 0 Å². The lowest BCUT2D eigenvalue weighted by atomic mass is 10.1. The van der Waals surface area contributed by atoms with Gasteiger partial charge in [0.2, 0.25) is 0 Å². The normalized spacial score (nSPS) is 11.3. The summed E-state index contributed by atoms with van der Waals surface area (Å²) in [6.45, 7) is 0. The highest BCUT2D eigenvalue weighted by Gasteiger charge is 2.11. The molecule has 1 N–H and O–H groups in total. The maximum atomic E-state index is 8.49. The number of nitrogens with zero attached hydrogens (tertiary/aromatic N) is 1. The first-order valence-corrected chi connectivity index (χ1v) is 8.24. The minimum atomic E-state index is -4.94. The molecule has 6 nitrogen and oxygen atoms in total. The summed E-state index contributed by atoms with van der Waals surface area (Å²) in [5.41, 5.74) is 5.94. The van der Waals surface area contributed by atoms with Crippen LogP contribution in [-0.2, 0) is 0 Å². The Hall–Kier alpha value is -2.48. The van der Waals surface area contributed by atoms with E-state index >= 15 is 0 Å². The highest BCUT2D eigenvalue weighted by Crippen LogP contribution is 2.19. The number of pyridine rings is 1. The molecule has 0 radical (unpaired) electrons. The van der Waals surface area contributed by atoms with E-state index in [1.807, 2.05) is 6.07 Å². The van der Waals surface area contributed by atoms with Crippen molar-refractivity contribution in [2.75, 3.05) is 0 Å². The highest BCUT2D eigenvalue weighted by molar-refractivity contribution is 5.74. The predicted octanol–water partition coefficient (Wildman–Crippen LogP) is -1.18. The van der Waals surface area contributed by atoms with Crippen LogP contribution in [0, 0.1) is 10.2 Å². The Balaban J connectivity index is 0.000000300. The quantitative estimate of drug-likeness (QED) is 0.438.